The molecule has 0 bridgehead atoms. The Morgan fingerprint density at radius 1 is 1.26 bits per heavy atom. The van der Waals surface area contributed by atoms with Gasteiger partial charge in [-0.25, -0.2) is 8.78 Å². The van der Waals surface area contributed by atoms with E-state index in [0.29, 0.717) is 18.8 Å². The monoisotopic (exact) mass is 267 g/mol. The van der Waals surface area contributed by atoms with Crippen molar-refractivity contribution in [3.05, 3.63) is 35.4 Å². The van der Waals surface area contributed by atoms with Crippen molar-refractivity contribution in [3.8, 4) is 0 Å². The zero-order valence-electron chi connectivity index (χ0n) is 11.2. The molecular weight excluding hydrogens is 248 g/mol. The van der Waals surface area contributed by atoms with E-state index < -0.39 is 6.43 Å². The van der Waals surface area contributed by atoms with Crippen LogP contribution < -0.4 is 5.32 Å². The minimum absolute atomic E-state index is 0.0396. The molecule has 1 saturated heterocycles. The van der Waals surface area contributed by atoms with E-state index in [1.807, 2.05) is 0 Å². The first kappa shape index (κ1) is 14.0. The molecule has 1 aliphatic rings. The summed E-state index contributed by atoms with van der Waals surface area (Å²) in [4.78, 5) is 11.5. The molecule has 1 heterocycles. The number of rotatable bonds is 4. The van der Waals surface area contributed by atoms with Crippen molar-refractivity contribution in [2.24, 2.45) is 5.92 Å². The summed E-state index contributed by atoms with van der Waals surface area (Å²) in [5.41, 5.74) is 0.793. The molecular formula is C15H19F2NO. The van der Waals surface area contributed by atoms with Crippen LogP contribution in [0.1, 0.15) is 44.2 Å². The maximum Gasteiger partial charge on any atom is 0.263 e. The lowest BCUT2D eigenvalue weighted by Gasteiger charge is -2.33. The molecule has 1 aromatic rings. The second-order valence-corrected chi connectivity index (χ2v) is 5.58. The summed E-state index contributed by atoms with van der Waals surface area (Å²) in [6, 6.07) is 6.39. The Bertz CT molecular complexity index is 456. The third-order valence-corrected chi connectivity index (χ3v) is 4.04. The number of alkyl halides is 2. The van der Waals surface area contributed by atoms with Gasteiger partial charge in [-0.3, -0.25) is 4.79 Å². The van der Waals surface area contributed by atoms with Crippen molar-refractivity contribution in [3.63, 3.8) is 0 Å². The second kappa shape index (κ2) is 5.27. The standard InChI is InChI=1S/C15H19F2NO/c1-10(2)15(8-7-13(19)18-15)9-11-3-5-12(6-4-11)14(16)17/h3-6,10,14H,7-9H2,1-2H3,(H,18,19). The summed E-state index contributed by atoms with van der Waals surface area (Å²) < 4.78 is 25.0. The average Bonchev–Trinajstić information content (AvgIpc) is 2.73. The van der Waals surface area contributed by atoms with Crippen LogP contribution in [0.2, 0.25) is 0 Å². The van der Waals surface area contributed by atoms with Gasteiger partial charge in [0.25, 0.3) is 6.43 Å². The van der Waals surface area contributed by atoms with Gasteiger partial charge in [0.1, 0.15) is 0 Å². The van der Waals surface area contributed by atoms with Crippen molar-refractivity contribution in [2.45, 2.75) is 45.1 Å². The van der Waals surface area contributed by atoms with Crippen LogP contribution in [0.5, 0.6) is 0 Å². The molecule has 19 heavy (non-hydrogen) atoms. The van der Waals surface area contributed by atoms with E-state index in [1.165, 1.54) is 12.1 Å². The summed E-state index contributed by atoms with van der Waals surface area (Å²) in [5.74, 6) is 0.395. The van der Waals surface area contributed by atoms with Gasteiger partial charge in [0.2, 0.25) is 5.91 Å². The Kier molecular flexibility index (Phi) is 3.88. The first-order valence-corrected chi connectivity index (χ1v) is 6.61. The molecule has 1 fully saturated rings. The van der Waals surface area contributed by atoms with Gasteiger partial charge >= 0.3 is 0 Å². The van der Waals surface area contributed by atoms with Gasteiger partial charge in [-0.05, 0) is 24.3 Å². The quantitative estimate of drug-likeness (QED) is 0.889. The molecule has 0 aliphatic carbocycles. The molecule has 1 unspecified atom stereocenters. The molecule has 2 nitrogen and oxygen atoms in total. The van der Waals surface area contributed by atoms with Crippen LogP contribution in [0.15, 0.2) is 24.3 Å². The van der Waals surface area contributed by atoms with Gasteiger partial charge in [0.15, 0.2) is 0 Å². The molecule has 1 aliphatic heterocycles. The van der Waals surface area contributed by atoms with E-state index >= 15 is 0 Å². The molecule has 4 heteroatoms. The highest BCUT2D eigenvalue weighted by Gasteiger charge is 2.40. The molecule has 0 spiro atoms. The van der Waals surface area contributed by atoms with Gasteiger partial charge < -0.3 is 5.32 Å². The minimum Gasteiger partial charge on any atom is -0.350 e. The third kappa shape index (κ3) is 2.94. The number of benzene rings is 1. The third-order valence-electron chi connectivity index (χ3n) is 4.04. The van der Waals surface area contributed by atoms with Crippen LogP contribution in [-0.4, -0.2) is 11.4 Å². The fourth-order valence-electron chi connectivity index (χ4n) is 2.65. The number of halogens is 2. The maximum atomic E-state index is 12.5. The van der Waals surface area contributed by atoms with E-state index in [9.17, 15) is 13.6 Å². The van der Waals surface area contributed by atoms with E-state index in [1.54, 1.807) is 12.1 Å². The van der Waals surface area contributed by atoms with Crippen LogP contribution in [0.4, 0.5) is 8.78 Å². The summed E-state index contributed by atoms with van der Waals surface area (Å²) in [6.45, 7) is 4.16. The molecule has 1 aromatic carbocycles. The normalized spacial score (nSPS) is 23.2. The Balaban J connectivity index is 2.16. The van der Waals surface area contributed by atoms with Gasteiger partial charge in [0.05, 0.1) is 0 Å². The van der Waals surface area contributed by atoms with E-state index in [4.69, 9.17) is 0 Å². The van der Waals surface area contributed by atoms with Gasteiger partial charge in [-0.1, -0.05) is 38.1 Å². The predicted molar refractivity (Wildman–Crippen MR) is 70.0 cm³/mol. The lowest BCUT2D eigenvalue weighted by atomic mass is 9.80. The smallest absolute Gasteiger partial charge is 0.263 e. The maximum absolute atomic E-state index is 12.5. The zero-order chi connectivity index (χ0) is 14.0. The minimum atomic E-state index is -2.43. The number of amides is 1. The molecule has 1 atom stereocenters. The predicted octanol–water partition coefficient (Wildman–Crippen LogP) is 3.47. The molecule has 104 valence electrons. The fourth-order valence-corrected chi connectivity index (χ4v) is 2.65. The fraction of sp³-hybridized carbons (Fsp3) is 0.533. The summed E-state index contributed by atoms with van der Waals surface area (Å²) >= 11 is 0. The van der Waals surface area contributed by atoms with Crippen LogP contribution in [-0.2, 0) is 11.2 Å². The summed E-state index contributed by atoms with van der Waals surface area (Å²) in [7, 11) is 0. The average molecular weight is 267 g/mol. The summed E-state index contributed by atoms with van der Waals surface area (Å²) in [5, 5.41) is 3.07. The Labute approximate surface area is 112 Å². The lowest BCUT2D eigenvalue weighted by molar-refractivity contribution is -0.120. The highest BCUT2D eigenvalue weighted by molar-refractivity contribution is 5.79. The van der Waals surface area contributed by atoms with Gasteiger partial charge in [-0.2, -0.15) is 0 Å². The lowest BCUT2D eigenvalue weighted by Crippen LogP contribution is -2.48. The second-order valence-electron chi connectivity index (χ2n) is 5.58. The number of hydrogen-bond acceptors (Lipinski definition) is 1. The number of carbonyl (C=O) groups is 1. The topological polar surface area (TPSA) is 29.1 Å². The van der Waals surface area contributed by atoms with Crippen molar-refractivity contribution in [2.75, 3.05) is 0 Å². The van der Waals surface area contributed by atoms with Crippen molar-refractivity contribution >= 4 is 5.91 Å². The molecule has 2 rings (SSSR count). The Hall–Kier alpha value is -1.45. The number of hydrogen-bond donors (Lipinski definition) is 1. The highest BCUT2D eigenvalue weighted by Crippen LogP contribution is 2.32. The number of nitrogens with one attached hydrogen (secondary N) is 1. The van der Waals surface area contributed by atoms with Gasteiger partial charge in [-0.15, -0.1) is 0 Å². The first-order valence-electron chi connectivity index (χ1n) is 6.61. The molecule has 0 aromatic heterocycles. The number of carbonyl (C=O) groups excluding carboxylic acids is 1. The molecule has 0 saturated carbocycles. The highest BCUT2D eigenvalue weighted by atomic mass is 19.3. The molecule has 1 N–H and O–H groups in total. The Morgan fingerprint density at radius 3 is 2.32 bits per heavy atom. The van der Waals surface area contributed by atoms with E-state index in [-0.39, 0.29) is 17.0 Å². The first-order chi connectivity index (χ1) is 8.93. The van der Waals surface area contributed by atoms with E-state index in [2.05, 4.69) is 19.2 Å². The van der Waals surface area contributed by atoms with Crippen LogP contribution in [0.25, 0.3) is 0 Å². The van der Waals surface area contributed by atoms with Crippen molar-refractivity contribution in [1.29, 1.82) is 0 Å². The summed E-state index contributed by atoms with van der Waals surface area (Å²) in [6.07, 6.45) is -0.382. The van der Waals surface area contributed by atoms with Crippen LogP contribution in [0.3, 0.4) is 0 Å². The van der Waals surface area contributed by atoms with Crippen LogP contribution in [0, 0.1) is 5.92 Å². The molecule has 0 radical (unpaired) electrons. The SMILES string of the molecule is CC(C)C1(Cc2ccc(C(F)F)cc2)CCC(=O)N1. The van der Waals surface area contributed by atoms with Crippen molar-refractivity contribution in [1.82, 2.24) is 5.32 Å². The largest absolute Gasteiger partial charge is 0.350 e. The zero-order valence-corrected chi connectivity index (χ0v) is 11.2. The molecule has 1 amide bonds. The van der Waals surface area contributed by atoms with E-state index in [0.717, 1.165) is 12.0 Å². The Morgan fingerprint density at radius 2 is 1.89 bits per heavy atom. The van der Waals surface area contributed by atoms with Crippen LogP contribution >= 0.6 is 0 Å². The van der Waals surface area contributed by atoms with Crippen molar-refractivity contribution < 1.29 is 13.6 Å². The van der Waals surface area contributed by atoms with Gasteiger partial charge in [0, 0.05) is 17.5 Å².